The lowest BCUT2D eigenvalue weighted by Gasteiger charge is -2.22. The molecule has 6 nitrogen and oxygen atoms in total. The lowest BCUT2D eigenvalue weighted by molar-refractivity contribution is -0.143. The molecule has 0 radical (unpaired) electrons. The number of hydrogen-bond donors (Lipinski definition) is 3. The molecule has 354 valence electrons. The van der Waals surface area contributed by atoms with E-state index in [4.69, 9.17) is 4.74 Å². The Morgan fingerprint density at radius 2 is 0.783 bits per heavy atom. The molecule has 1 amide bonds. The van der Waals surface area contributed by atoms with Gasteiger partial charge in [0.05, 0.1) is 25.4 Å². The van der Waals surface area contributed by atoms with E-state index in [1.807, 2.05) is 0 Å². The van der Waals surface area contributed by atoms with Crippen LogP contribution in [0.2, 0.25) is 0 Å². The third-order valence-corrected chi connectivity index (χ3v) is 12.2. The highest BCUT2D eigenvalue weighted by Gasteiger charge is 2.20. The molecule has 0 aliphatic heterocycles. The molecule has 0 rings (SSSR count). The van der Waals surface area contributed by atoms with Crippen LogP contribution in [0.3, 0.4) is 0 Å². The Hall–Kier alpha value is -1.66. The van der Waals surface area contributed by atoms with E-state index in [1.165, 1.54) is 193 Å². The molecule has 0 aliphatic rings. The third kappa shape index (κ3) is 45.9. The summed E-state index contributed by atoms with van der Waals surface area (Å²) >= 11 is 0. The Balaban J connectivity index is 3.44. The van der Waals surface area contributed by atoms with E-state index in [1.54, 1.807) is 0 Å². The zero-order valence-corrected chi connectivity index (χ0v) is 40.2. The van der Waals surface area contributed by atoms with Gasteiger partial charge in [-0.15, -0.1) is 0 Å². The molecule has 0 aromatic carbocycles. The van der Waals surface area contributed by atoms with Gasteiger partial charge in [-0.1, -0.05) is 218 Å². The number of hydrogen-bond acceptors (Lipinski definition) is 5. The van der Waals surface area contributed by atoms with Gasteiger partial charge in [0.2, 0.25) is 5.91 Å². The first-order valence-corrected chi connectivity index (χ1v) is 26.6. The van der Waals surface area contributed by atoms with Crippen molar-refractivity contribution in [2.45, 2.75) is 296 Å². The maximum atomic E-state index is 12.4. The fraction of sp³-hybridized carbons (Fsp3) is 0.889. The predicted molar refractivity (Wildman–Crippen MR) is 260 cm³/mol. The number of carbonyl (C=O) groups excluding carboxylic acids is 2. The van der Waals surface area contributed by atoms with Crippen LogP contribution in [0.15, 0.2) is 24.3 Å². The topological polar surface area (TPSA) is 95.9 Å². The van der Waals surface area contributed by atoms with Crippen molar-refractivity contribution in [1.82, 2.24) is 5.32 Å². The second kappa shape index (κ2) is 50.0. The number of aliphatic hydroxyl groups excluding tert-OH is 2. The van der Waals surface area contributed by atoms with Crippen molar-refractivity contribution in [3.8, 4) is 0 Å². The number of rotatable bonds is 49. The summed E-state index contributed by atoms with van der Waals surface area (Å²) in [5, 5.41) is 23.1. The number of unbranched alkanes of at least 4 members (excludes halogenated alkanes) is 34. The second-order valence-electron chi connectivity index (χ2n) is 18.2. The average Bonchev–Trinajstić information content (AvgIpc) is 3.25. The number of esters is 1. The predicted octanol–water partition coefficient (Wildman–Crippen LogP) is 15.9. The molecule has 3 N–H and O–H groups in total. The van der Waals surface area contributed by atoms with Gasteiger partial charge in [-0.05, 0) is 77.0 Å². The summed E-state index contributed by atoms with van der Waals surface area (Å²) in [6.45, 7) is 4.91. The summed E-state index contributed by atoms with van der Waals surface area (Å²) in [5.74, 6) is -0.0566. The van der Waals surface area contributed by atoms with Crippen LogP contribution in [0.1, 0.15) is 284 Å². The van der Waals surface area contributed by atoms with E-state index in [2.05, 4.69) is 43.5 Å². The molecule has 0 aromatic heterocycles. The monoisotopic (exact) mass is 846 g/mol. The zero-order valence-electron chi connectivity index (χ0n) is 40.2. The Morgan fingerprint density at radius 3 is 1.18 bits per heavy atom. The molecule has 0 fully saturated rings. The number of nitrogens with one attached hydrogen (secondary N) is 1. The molecule has 0 saturated heterocycles. The minimum absolute atomic E-state index is 0.00587. The van der Waals surface area contributed by atoms with Crippen molar-refractivity contribution in [2.75, 3.05) is 13.2 Å². The molecular weight excluding hydrogens is 743 g/mol. The van der Waals surface area contributed by atoms with Gasteiger partial charge in [0.15, 0.2) is 0 Å². The molecule has 60 heavy (non-hydrogen) atoms. The van der Waals surface area contributed by atoms with E-state index in [9.17, 15) is 19.8 Å². The van der Waals surface area contributed by atoms with E-state index in [0.717, 1.165) is 57.8 Å². The molecular formula is C54H103NO5. The highest BCUT2D eigenvalue weighted by atomic mass is 16.5. The summed E-state index contributed by atoms with van der Waals surface area (Å²) < 4.78 is 5.46. The van der Waals surface area contributed by atoms with Crippen LogP contribution < -0.4 is 5.32 Å². The molecule has 0 aliphatic carbocycles. The Kier molecular flexibility index (Phi) is 48.6. The lowest BCUT2D eigenvalue weighted by atomic mass is 10.0. The van der Waals surface area contributed by atoms with Crippen LogP contribution in [0.5, 0.6) is 0 Å². The molecule has 0 saturated carbocycles. The maximum absolute atomic E-state index is 12.4. The smallest absolute Gasteiger partial charge is 0.305 e. The van der Waals surface area contributed by atoms with Crippen LogP contribution >= 0.6 is 0 Å². The van der Waals surface area contributed by atoms with Crippen molar-refractivity contribution < 1.29 is 24.5 Å². The van der Waals surface area contributed by atoms with Gasteiger partial charge in [0, 0.05) is 12.8 Å². The molecule has 6 heteroatoms. The van der Waals surface area contributed by atoms with Crippen LogP contribution in [0.4, 0.5) is 0 Å². The molecule has 0 spiro atoms. The summed E-state index contributed by atoms with van der Waals surface area (Å²) in [7, 11) is 0. The Bertz CT molecular complexity index is 935. The Labute approximate surface area is 373 Å². The summed E-state index contributed by atoms with van der Waals surface area (Å²) in [6, 6.07) is -0.550. The van der Waals surface area contributed by atoms with Gasteiger partial charge in [0.25, 0.3) is 0 Å². The van der Waals surface area contributed by atoms with Gasteiger partial charge in [-0.3, -0.25) is 9.59 Å². The number of aliphatic hydroxyl groups is 2. The van der Waals surface area contributed by atoms with Crippen LogP contribution in [-0.4, -0.2) is 47.4 Å². The van der Waals surface area contributed by atoms with Crippen molar-refractivity contribution in [3.63, 3.8) is 0 Å². The largest absolute Gasteiger partial charge is 0.466 e. The fourth-order valence-corrected chi connectivity index (χ4v) is 8.10. The van der Waals surface area contributed by atoms with Gasteiger partial charge < -0.3 is 20.3 Å². The number of amides is 1. The minimum atomic E-state index is -0.671. The minimum Gasteiger partial charge on any atom is -0.466 e. The van der Waals surface area contributed by atoms with Crippen LogP contribution in [0, 0.1) is 0 Å². The Morgan fingerprint density at radius 1 is 0.450 bits per heavy atom. The number of carbonyl (C=O) groups is 2. The SMILES string of the molecule is CCCCCCC/C=C\CCCCCCCC(=O)OCCCCCCCCCCC/C=C\CCCCCCCC(=O)NC(CO)C(O)CCCCCCCCCCCCC. The zero-order chi connectivity index (χ0) is 43.7. The summed E-state index contributed by atoms with van der Waals surface area (Å²) in [6.07, 6.45) is 58.7. The first-order chi connectivity index (χ1) is 29.5. The molecule has 0 heterocycles. The fourth-order valence-electron chi connectivity index (χ4n) is 8.10. The van der Waals surface area contributed by atoms with E-state index in [-0.39, 0.29) is 18.5 Å². The number of ether oxygens (including phenoxy) is 1. The van der Waals surface area contributed by atoms with Gasteiger partial charge in [-0.2, -0.15) is 0 Å². The van der Waals surface area contributed by atoms with Crippen molar-refractivity contribution in [2.24, 2.45) is 0 Å². The van der Waals surface area contributed by atoms with Crippen LogP contribution in [0.25, 0.3) is 0 Å². The molecule has 2 atom stereocenters. The highest BCUT2D eigenvalue weighted by molar-refractivity contribution is 5.76. The van der Waals surface area contributed by atoms with E-state index < -0.39 is 12.1 Å². The highest BCUT2D eigenvalue weighted by Crippen LogP contribution is 2.16. The van der Waals surface area contributed by atoms with E-state index >= 15 is 0 Å². The third-order valence-electron chi connectivity index (χ3n) is 12.2. The molecule has 2 unspecified atom stereocenters. The van der Waals surface area contributed by atoms with Crippen molar-refractivity contribution in [1.29, 1.82) is 0 Å². The van der Waals surface area contributed by atoms with Crippen molar-refractivity contribution in [3.05, 3.63) is 24.3 Å². The van der Waals surface area contributed by atoms with Gasteiger partial charge in [-0.25, -0.2) is 0 Å². The van der Waals surface area contributed by atoms with Crippen molar-refractivity contribution >= 4 is 11.9 Å². The van der Waals surface area contributed by atoms with Gasteiger partial charge in [0.1, 0.15) is 0 Å². The summed E-state index contributed by atoms with van der Waals surface area (Å²) in [5.41, 5.74) is 0. The maximum Gasteiger partial charge on any atom is 0.305 e. The lowest BCUT2D eigenvalue weighted by Crippen LogP contribution is -2.45. The average molecular weight is 846 g/mol. The van der Waals surface area contributed by atoms with Gasteiger partial charge >= 0.3 is 5.97 Å². The van der Waals surface area contributed by atoms with Crippen LogP contribution in [-0.2, 0) is 14.3 Å². The number of allylic oxidation sites excluding steroid dienone is 4. The molecule has 0 aromatic rings. The first kappa shape index (κ1) is 58.3. The normalized spacial score (nSPS) is 12.8. The van der Waals surface area contributed by atoms with E-state index in [0.29, 0.717) is 25.9 Å². The molecule has 0 bridgehead atoms. The second-order valence-corrected chi connectivity index (χ2v) is 18.2. The first-order valence-electron chi connectivity index (χ1n) is 26.6. The standard InChI is InChI=1S/C54H103NO5/c1-3-5-7-9-11-13-15-16-24-28-32-36-40-44-48-54(59)60-49-45-41-37-33-29-25-22-20-18-17-19-21-23-27-31-35-39-43-47-53(58)55-51(50-56)52(57)46-42-38-34-30-26-14-12-10-8-6-4-2/h15-16,19,21,51-52,56-57H,3-14,17-18,20,22-50H2,1-2H3,(H,55,58)/b16-15-,21-19-. The quantitative estimate of drug-likeness (QED) is 0.0322. The summed E-state index contributed by atoms with van der Waals surface area (Å²) in [4.78, 5) is 24.4.